The minimum Gasteiger partial charge on any atom is -0.386 e. The molecule has 3 nitrogen and oxygen atoms in total. The predicted molar refractivity (Wildman–Crippen MR) is 67.7 cm³/mol. The lowest BCUT2D eigenvalue weighted by molar-refractivity contribution is 0.174. The molecule has 6 heteroatoms. The van der Waals surface area contributed by atoms with Gasteiger partial charge in [0.05, 0.1) is 17.9 Å². The Hall–Kier alpha value is -0.490. The summed E-state index contributed by atoms with van der Waals surface area (Å²) >= 11 is 10.5. The Labute approximate surface area is 111 Å². The highest BCUT2D eigenvalue weighted by molar-refractivity contribution is 9.10. The van der Waals surface area contributed by atoms with Gasteiger partial charge in [0.1, 0.15) is 11.8 Å². The lowest BCUT2D eigenvalue weighted by Gasteiger charge is -2.09. The Morgan fingerprint density at radius 1 is 1.50 bits per heavy atom. The molecule has 0 aliphatic carbocycles. The van der Waals surface area contributed by atoms with Crippen LogP contribution in [0.1, 0.15) is 17.4 Å². The molecule has 1 heterocycles. The lowest BCUT2D eigenvalue weighted by atomic mass is 10.1. The van der Waals surface area contributed by atoms with Crippen molar-refractivity contribution in [3.63, 3.8) is 0 Å². The molecule has 0 fully saturated rings. The molecule has 2 rings (SSSR count). The van der Waals surface area contributed by atoms with Crippen molar-refractivity contribution < 1.29 is 5.11 Å². The van der Waals surface area contributed by atoms with Crippen LogP contribution in [0.4, 0.5) is 0 Å². The predicted octanol–water partition coefficient (Wildman–Crippen LogP) is 3.23. The number of hydrogen-bond acceptors (Lipinski definition) is 4. The highest BCUT2D eigenvalue weighted by atomic mass is 79.9. The molecule has 2 aromatic rings. The summed E-state index contributed by atoms with van der Waals surface area (Å²) in [6, 6.07) is 5.59. The van der Waals surface area contributed by atoms with Crippen LogP contribution in [-0.2, 0) is 6.42 Å². The first-order valence-corrected chi connectivity index (χ1v) is 6.46. The first kappa shape index (κ1) is 12.0. The molecule has 1 aromatic carbocycles. The van der Waals surface area contributed by atoms with Crippen LogP contribution in [0.2, 0.25) is 5.02 Å². The minimum absolute atomic E-state index is 0.442. The van der Waals surface area contributed by atoms with Crippen LogP contribution in [-0.4, -0.2) is 13.9 Å². The highest BCUT2D eigenvalue weighted by Crippen LogP contribution is 2.25. The zero-order valence-corrected chi connectivity index (χ0v) is 11.3. The van der Waals surface area contributed by atoms with Gasteiger partial charge < -0.3 is 5.11 Å². The van der Waals surface area contributed by atoms with Crippen molar-refractivity contribution in [1.29, 1.82) is 0 Å². The molecule has 0 spiro atoms. The second kappa shape index (κ2) is 5.23. The molecule has 0 radical (unpaired) electrons. The van der Waals surface area contributed by atoms with Crippen LogP contribution < -0.4 is 0 Å². The maximum absolute atomic E-state index is 9.89. The molecule has 0 aliphatic rings. The van der Waals surface area contributed by atoms with Crippen molar-refractivity contribution in [3.05, 3.63) is 45.1 Å². The third kappa shape index (κ3) is 2.79. The van der Waals surface area contributed by atoms with E-state index >= 15 is 0 Å². The molecule has 1 N–H and O–H groups in total. The molecule has 0 saturated carbocycles. The summed E-state index contributed by atoms with van der Waals surface area (Å²) in [6.07, 6.45) is 1.36. The fraction of sp³-hybridized carbons (Fsp3) is 0.200. The van der Waals surface area contributed by atoms with Gasteiger partial charge in [0.25, 0.3) is 0 Å². The van der Waals surface area contributed by atoms with Crippen LogP contribution in [0.3, 0.4) is 0 Å². The number of rotatable bonds is 3. The molecular formula is C10H8BrClN2OS. The van der Waals surface area contributed by atoms with E-state index in [0.29, 0.717) is 17.1 Å². The summed E-state index contributed by atoms with van der Waals surface area (Å²) in [7, 11) is 0. The van der Waals surface area contributed by atoms with Gasteiger partial charge in [-0.2, -0.15) is 8.75 Å². The summed E-state index contributed by atoms with van der Waals surface area (Å²) in [4.78, 5) is 0. The van der Waals surface area contributed by atoms with Crippen molar-refractivity contribution in [2.75, 3.05) is 0 Å². The quantitative estimate of drug-likeness (QED) is 0.945. The van der Waals surface area contributed by atoms with Crippen LogP contribution in [0, 0.1) is 0 Å². The first-order valence-electron chi connectivity index (χ1n) is 4.56. The summed E-state index contributed by atoms with van der Waals surface area (Å²) < 4.78 is 8.76. The lowest BCUT2D eigenvalue weighted by Crippen LogP contribution is -2.02. The van der Waals surface area contributed by atoms with E-state index in [1.165, 1.54) is 0 Å². The molecule has 16 heavy (non-hydrogen) atoms. The van der Waals surface area contributed by atoms with E-state index in [2.05, 4.69) is 24.7 Å². The van der Waals surface area contributed by atoms with Gasteiger partial charge in [0.15, 0.2) is 0 Å². The van der Waals surface area contributed by atoms with E-state index in [-0.39, 0.29) is 0 Å². The van der Waals surface area contributed by atoms with Crippen LogP contribution in [0.15, 0.2) is 28.9 Å². The monoisotopic (exact) mass is 318 g/mol. The van der Waals surface area contributed by atoms with E-state index < -0.39 is 6.10 Å². The normalized spacial score (nSPS) is 12.7. The van der Waals surface area contributed by atoms with E-state index in [1.807, 2.05) is 18.2 Å². The molecule has 1 aromatic heterocycles. The average molecular weight is 320 g/mol. The smallest absolute Gasteiger partial charge is 0.103 e. The molecular weight excluding hydrogens is 312 g/mol. The number of aromatic nitrogens is 2. The molecule has 0 amide bonds. The Bertz CT molecular complexity index is 478. The first-order chi connectivity index (χ1) is 7.66. The fourth-order valence-corrected chi connectivity index (χ4v) is 2.53. The van der Waals surface area contributed by atoms with Crippen molar-refractivity contribution in [3.8, 4) is 0 Å². The summed E-state index contributed by atoms with van der Waals surface area (Å²) in [5, 5.41) is 10.5. The van der Waals surface area contributed by atoms with Gasteiger partial charge in [-0.05, 0) is 17.7 Å². The standard InChI is InChI=1S/C10H8BrClN2OS/c11-7-2-1-6(8(12)4-7)3-10(15)9-5-13-16-14-9/h1-2,4-5,10,15H,3H2. The van der Waals surface area contributed by atoms with Crippen molar-refractivity contribution in [2.45, 2.75) is 12.5 Å². The number of aliphatic hydroxyl groups is 1. The molecule has 0 saturated heterocycles. The van der Waals surface area contributed by atoms with E-state index in [9.17, 15) is 5.11 Å². The minimum atomic E-state index is -0.655. The zero-order valence-electron chi connectivity index (χ0n) is 8.10. The van der Waals surface area contributed by atoms with Gasteiger partial charge in [-0.25, -0.2) is 0 Å². The topological polar surface area (TPSA) is 46.0 Å². The summed E-state index contributed by atoms with van der Waals surface area (Å²) in [5.74, 6) is 0. The Kier molecular flexibility index (Phi) is 3.91. The van der Waals surface area contributed by atoms with Crippen LogP contribution in [0.5, 0.6) is 0 Å². The molecule has 84 valence electrons. The number of aliphatic hydroxyl groups excluding tert-OH is 1. The number of nitrogens with zero attached hydrogens (tertiary/aromatic N) is 2. The number of benzene rings is 1. The Balaban J connectivity index is 2.15. The summed E-state index contributed by atoms with van der Waals surface area (Å²) in [5.41, 5.74) is 1.48. The maximum atomic E-state index is 9.89. The zero-order chi connectivity index (χ0) is 11.5. The van der Waals surface area contributed by atoms with Gasteiger partial charge in [0, 0.05) is 15.9 Å². The van der Waals surface area contributed by atoms with Crippen LogP contribution in [0.25, 0.3) is 0 Å². The Morgan fingerprint density at radius 3 is 2.94 bits per heavy atom. The molecule has 1 unspecified atom stereocenters. The largest absolute Gasteiger partial charge is 0.386 e. The molecule has 0 aliphatic heterocycles. The van der Waals surface area contributed by atoms with Crippen molar-refractivity contribution in [2.24, 2.45) is 0 Å². The molecule has 0 bridgehead atoms. The highest BCUT2D eigenvalue weighted by Gasteiger charge is 2.13. The van der Waals surface area contributed by atoms with Gasteiger partial charge in [-0.1, -0.05) is 33.6 Å². The second-order valence-corrected chi connectivity index (χ2v) is 5.17. The fourth-order valence-electron chi connectivity index (χ4n) is 1.32. The SMILES string of the molecule is OC(Cc1ccc(Br)cc1Cl)c1cnsn1. The van der Waals surface area contributed by atoms with E-state index in [1.54, 1.807) is 6.20 Å². The van der Waals surface area contributed by atoms with Crippen molar-refractivity contribution in [1.82, 2.24) is 8.75 Å². The Morgan fingerprint density at radius 2 is 2.31 bits per heavy atom. The van der Waals surface area contributed by atoms with Gasteiger partial charge >= 0.3 is 0 Å². The van der Waals surface area contributed by atoms with Gasteiger partial charge in [-0.3, -0.25) is 0 Å². The van der Waals surface area contributed by atoms with Crippen molar-refractivity contribution >= 4 is 39.3 Å². The third-order valence-corrected chi connectivity index (χ3v) is 3.49. The van der Waals surface area contributed by atoms with E-state index in [0.717, 1.165) is 21.8 Å². The average Bonchev–Trinajstić information content (AvgIpc) is 2.75. The second-order valence-electron chi connectivity index (χ2n) is 3.29. The van der Waals surface area contributed by atoms with E-state index in [4.69, 9.17) is 11.6 Å². The maximum Gasteiger partial charge on any atom is 0.103 e. The van der Waals surface area contributed by atoms with Gasteiger partial charge in [0.2, 0.25) is 0 Å². The van der Waals surface area contributed by atoms with Crippen LogP contribution >= 0.6 is 39.3 Å². The number of halogens is 2. The molecule has 1 atom stereocenters. The van der Waals surface area contributed by atoms with Gasteiger partial charge in [-0.15, -0.1) is 0 Å². The number of hydrogen-bond donors (Lipinski definition) is 1. The summed E-state index contributed by atoms with van der Waals surface area (Å²) in [6.45, 7) is 0. The third-order valence-electron chi connectivity index (χ3n) is 2.15.